The molecule has 20 heavy (non-hydrogen) atoms. The lowest BCUT2D eigenvalue weighted by Gasteiger charge is -2.22. The molecule has 3 rings (SSSR count). The average Bonchev–Trinajstić information content (AvgIpc) is 3.07. The number of para-hydroxylation sites is 1. The third-order valence-corrected chi connectivity index (χ3v) is 4.61. The Hall–Kier alpha value is -1.77. The lowest BCUT2D eigenvalue weighted by Crippen LogP contribution is -2.38. The van der Waals surface area contributed by atoms with Gasteiger partial charge in [0.1, 0.15) is 0 Å². The molecule has 106 valence electrons. The first-order valence-corrected chi connectivity index (χ1v) is 7.52. The van der Waals surface area contributed by atoms with E-state index >= 15 is 0 Å². The van der Waals surface area contributed by atoms with Crippen molar-refractivity contribution in [2.24, 2.45) is 5.41 Å². The molecule has 0 saturated heterocycles. The maximum Gasteiger partial charge on any atom is 0.225 e. The fraction of sp³-hybridized carbons (Fsp3) is 0.471. The number of nitrogens with one attached hydrogen (secondary N) is 2. The summed E-state index contributed by atoms with van der Waals surface area (Å²) in [7, 11) is 0. The van der Waals surface area contributed by atoms with Crippen LogP contribution in [-0.2, 0) is 11.2 Å². The van der Waals surface area contributed by atoms with Crippen molar-refractivity contribution < 1.29 is 4.79 Å². The molecule has 1 fully saturated rings. The molecule has 1 aromatic carbocycles. The molecule has 1 aromatic heterocycles. The topological polar surface area (TPSA) is 44.9 Å². The van der Waals surface area contributed by atoms with Crippen molar-refractivity contribution in [1.82, 2.24) is 10.3 Å². The Morgan fingerprint density at radius 1 is 1.30 bits per heavy atom. The minimum absolute atomic E-state index is 0.125. The van der Waals surface area contributed by atoms with Crippen LogP contribution in [0.3, 0.4) is 0 Å². The Morgan fingerprint density at radius 2 is 2.05 bits per heavy atom. The van der Waals surface area contributed by atoms with E-state index in [-0.39, 0.29) is 11.3 Å². The van der Waals surface area contributed by atoms with Gasteiger partial charge in [0.15, 0.2) is 0 Å². The summed E-state index contributed by atoms with van der Waals surface area (Å²) in [4.78, 5) is 15.5. The Balaban J connectivity index is 1.59. The molecule has 1 heterocycles. The average molecular weight is 270 g/mol. The smallest absolute Gasteiger partial charge is 0.225 e. The summed E-state index contributed by atoms with van der Waals surface area (Å²) >= 11 is 0. The minimum atomic E-state index is -0.125. The number of H-pyrrole nitrogens is 1. The van der Waals surface area contributed by atoms with Gasteiger partial charge in [0, 0.05) is 29.1 Å². The highest BCUT2D eigenvalue weighted by molar-refractivity contribution is 5.84. The van der Waals surface area contributed by atoms with Crippen molar-refractivity contribution >= 4 is 16.8 Å². The Kier molecular flexibility index (Phi) is 3.51. The first-order chi connectivity index (χ1) is 9.69. The fourth-order valence-electron chi connectivity index (χ4n) is 3.24. The van der Waals surface area contributed by atoms with Gasteiger partial charge in [0.25, 0.3) is 0 Å². The molecule has 0 unspecified atom stereocenters. The number of hydrogen-bond acceptors (Lipinski definition) is 1. The SMILES string of the molecule is CC1(C(=O)NCCc2c[nH]c3ccccc23)CCCC1. The lowest BCUT2D eigenvalue weighted by atomic mass is 9.88. The van der Waals surface area contributed by atoms with Gasteiger partial charge in [-0.25, -0.2) is 0 Å². The quantitative estimate of drug-likeness (QED) is 0.878. The molecule has 1 aliphatic carbocycles. The van der Waals surface area contributed by atoms with Crippen LogP contribution in [0.25, 0.3) is 10.9 Å². The number of aromatic nitrogens is 1. The van der Waals surface area contributed by atoms with Gasteiger partial charge in [-0.05, 0) is 30.9 Å². The zero-order valence-corrected chi connectivity index (χ0v) is 12.0. The van der Waals surface area contributed by atoms with E-state index in [1.54, 1.807) is 0 Å². The predicted octanol–water partition coefficient (Wildman–Crippen LogP) is 3.41. The van der Waals surface area contributed by atoms with Gasteiger partial charge in [0.2, 0.25) is 5.91 Å². The summed E-state index contributed by atoms with van der Waals surface area (Å²) < 4.78 is 0. The minimum Gasteiger partial charge on any atom is -0.361 e. The summed E-state index contributed by atoms with van der Waals surface area (Å²) in [6, 6.07) is 8.29. The number of aromatic amines is 1. The van der Waals surface area contributed by atoms with E-state index in [1.165, 1.54) is 23.8 Å². The lowest BCUT2D eigenvalue weighted by molar-refractivity contribution is -0.129. The number of carbonyl (C=O) groups excluding carboxylic acids is 1. The summed E-state index contributed by atoms with van der Waals surface area (Å²) in [6.45, 7) is 2.82. The highest BCUT2D eigenvalue weighted by Gasteiger charge is 2.35. The Bertz CT molecular complexity index is 608. The molecule has 0 bridgehead atoms. The summed E-state index contributed by atoms with van der Waals surface area (Å²) in [5, 5.41) is 4.37. The van der Waals surface area contributed by atoms with Gasteiger partial charge in [-0.2, -0.15) is 0 Å². The van der Waals surface area contributed by atoms with Crippen molar-refractivity contribution in [3.05, 3.63) is 36.0 Å². The number of amides is 1. The number of hydrogen-bond donors (Lipinski definition) is 2. The Morgan fingerprint density at radius 3 is 2.85 bits per heavy atom. The molecule has 1 amide bonds. The first-order valence-electron chi connectivity index (χ1n) is 7.52. The molecular weight excluding hydrogens is 248 g/mol. The van der Waals surface area contributed by atoms with Crippen LogP contribution in [0.2, 0.25) is 0 Å². The summed E-state index contributed by atoms with van der Waals surface area (Å²) in [5.41, 5.74) is 2.31. The summed E-state index contributed by atoms with van der Waals surface area (Å²) in [5.74, 6) is 0.231. The van der Waals surface area contributed by atoms with Crippen LogP contribution in [0.15, 0.2) is 30.5 Å². The second-order valence-electron chi connectivity index (χ2n) is 6.13. The van der Waals surface area contributed by atoms with E-state index in [1.807, 2.05) is 12.3 Å². The highest BCUT2D eigenvalue weighted by atomic mass is 16.2. The van der Waals surface area contributed by atoms with Crippen LogP contribution in [0, 0.1) is 5.41 Å². The number of benzene rings is 1. The molecule has 0 atom stereocenters. The molecule has 0 aliphatic heterocycles. The van der Waals surface area contributed by atoms with Gasteiger partial charge in [-0.1, -0.05) is 38.0 Å². The van der Waals surface area contributed by atoms with Crippen LogP contribution in [0.4, 0.5) is 0 Å². The molecule has 0 spiro atoms. The number of carbonyl (C=O) groups is 1. The van der Waals surface area contributed by atoms with Crippen LogP contribution < -0.4 is 5.32 Å². The molecule has 2 N–H and O–H groups in total. The van der Waals surface area contributed by atoms with E-state index in [2.05, 4.69) is 35.4 Å². The van der Waals surface area contributed by atoms with E-state index < -0.39 is 0 Å². The molecule has 3 heteroatoms. The molecule has 1 aliphatic rings. The van der Waals surface area contributed by atoms with Crippen LogP contribution in [0.1, 0.15) is 38.2 Å². The largest absolute Gasteiger partial charge is 0.361 e. The fourth-order valence-corrected chi connectivity index (χ4v) is 3.24. The zero-order valence-electron chi connectivity index (χ0n) is 12.0. The third-order valence-electron chi connectivity index (χ3n) is 4.61. The van der Waals surface area contributed by atoms with Gasteiger partial charge in [-0.15, -0.1) is 0 Å². The second-order valence-corrected chi connectivity index (χ2v) is 6.13. The van der Waals surface area contributed by atoms with E-state index in [4.69, 9.17) is 0 Å². The second kappa shape index (κ2) is 5.31. The molecular formula is C17H22N2O. The normalized spacial score (nSPS) is 17.4. The van der Waals surface area contributed by atoms with Gasteiger partial charge >= 0.3 is 0 Å². The van der Waals surface area contributed by atoms with Gasteiger partial charge in [-0.3, -0.25) is 4.79 Å². The standard InChI is InChI=1S/C17H22N2O/c1-17(9-4-5-10-17)16(20)18-11-8-13-12-19-15-7-3-2-6-14(13)15/h2-3,6-7,12,19H,4-5,8-11H2,1H3,(H,18,20). The molecule has 2 aromatic rings. The third kappa shape index (κ3) is 2.45. The van der Waals surface area contributed by atoms with E-state index in [0.29, 0.717) is 0 Å². The number of fused-ring (bicyclic) bond motifs is 1. The number of rotatable bonds is 4. The summed E-state index contributed by atoms with van der Waals surface area (Å²) in [6.07, 6.45) is 7.37. The van der Waals surface area contributed by atoms with Crippen molar-refractivity contribution in [2.75, 3.05) is 6.54 Å². The maximum atomic E-state index is 12.2. The van der Waals surface area contributed by atoms with Crippen molar-refractivity contribution in [2.45, 2.75) is 39.0 Å². The van der Waals surface area contributed by atoms with Crippen LogP contribution in [-0.4, -0.2) is 17.4 Å². The molecule has 1 saturated carbocycles. The monoisotopic (exact) mass is 270 g/mol. The van der Waals surface area contributed by atoms with Gasteiger partial charge in [0.05, 0.1) is 0 Å². The predicted molar refractivity (Wildman–Crippen MR) is 81.6 cm³/mol. The molecule has 0 radical (unpaired) electrons. The van der Waals surface area contributed by atoms with E-state index in [9.17, 15) is 4.79 Å². The zero-order chi connectivity index (χ0) is 14.0. The van der Waals surface area contributed by atoms with Gasteiger partial charge < -0.3 is 10.3 Å². The van der Waals surface area contributed by atoms with E-state index in [0.717, 1.165) is 31.3 Å². The Labute approximate surface area is 119 Å². The van der Waals surface area contributed by atoms with Crippen molar-refractivity contribution in [3.63, 3.8) is 0 Å². The van der Waals surface area contributed by atoms with Crippen molar-refractivity contribution in [1.29, 1.82) is 0 Å². The van der Waals surface area contributed by atoms with Crippen LogP contribution >= 0.6 is 0 Å². The van der Waals surface area contributed by atoms with Crippen LogP contribution in [0.5, 0.6) is 0 Å². The maximum absolute atomic E-state index is 12.2. The van der Waals surface area contributed by atoms with Crippen molar-refractivity contribution in [3.8, 4) is 0 Å². The highest BCUT2D eigenvalue weighted by Crippen LogP contribution is 2.37. The molecule has 3 nitrogen and oxygen atoms in total. The first kappa shape index (κ1) is 13.2.